The van der Waals surface area contributed by atoms with Gasteiger partial charge in [0.2, 0.25) is 5.95 Å². The van der Waals surface area contributed by atoms with Crippen LogP contribution in [0.2, 0.25) is 5.02 Å². The summed E-state index contributed by atoms with van der Waals surface area (Å²) in [5, 5.41) is 3.28. The number of nitrogens with zero attached hydrogens (tertiary/aromatic N) is 4. The number of amides is 1. The van der Waals surface area contributed by atoms with Gasteiger partial charge in [-0.05, 0) is 31.4 Å². The fraction of sp³-hybridized carbons (Fsp3) is 0.389. The van der Waals surface area contributed by atoms with Crippen LogP contribution < -0.4 is 15.1 Å². The number of rotatable bonds is 4. The molecule has 0 saturated carbocycles. The van der Waals surface area contributed by atoms with E-state index in [1.165, 1.54) is 6.42 Å². The van der Waals surface area contributed by atoms with Crippen LogP contribution in [0.5, 0.6) is 0 Å². The maximum atomic E-state index is 12.5. The number of halogens is 1. The van der Waals surface area contributed by atoms with Crippen molar-refractivity contribution in [2.75, 3.05) is 42.3 Å². The van der Waals surface area contributed by atoms with Gasteiger partial charge in [-0.15, -0.1) is 0 Å². The Morgan fingerprint density at radius 2 is 1.92 bits per heavy atom. The predicted octanol–water partition coefficient (Wildman–Crippen LogP) is 3.44. The summed E-state index contributed by atoms with van der Waals surface area (Å²) in [4.78, 5) is 25.7. The van der Waals surface area contributed by atoms with Crippen LogP contribution in [0.4, 0.5) is 17.5 Å². The minimum Gasteiger partial charge on any atom is -0.361 e. The molecule has 2 heterocycles. The van der Waals surface area contributed by atoms with Gasteiger partial charge < -0.3 is 15.1 Å². The maximum Gasteiger partial charge on any atom is 0.257 e. The van der Waals surface area contributed by atoms with Crippen molar-refractivity contribution in [1.29, 1.82) is 0 Å². The van der Waals surface area contributed by atoms with Gasteiger partial charge in [-0.2, -0.15) is 4.98 Å². The summed E-state index contributed by atoms with van der Waals surface area (Å²) in [5.74, 6) is 1.11. The van der Waals surface area contributed by atoms with E-state index in [9.17, 15) is 4.79 Å². The summed E-state index contributed by atoms with van der Waals surface area (Å²) < 4.78 is 0. The second-order valence-electron chi connectivity index (χ2n) is 6.28. The molecule has 1 N–H and O–H groups in total. The average Bonchev–Trinajstić information content (AvgIpc) is 2.63. The Bertz CT molecular complexity index is 759. The lowest BCUT2D eigenvalue weighted by Crippen LogP contribution is -2.31. The van der Waals surface area contributed by atoms with Gasteiger partial charge in [0.1, 0.15) is 5.69 Å². The van der Waals surface area contributed by atoms with Crippen molar-refractivity contribution in [2.24, 2.45) is 0 Å². The highest BCUT2D eigenvalue weighted by Gasteiger charge is 2.18. The summed E-state index contributed by atoms with van der Waals surface area (Å²) >= 11 is 6.11. The molecule has 0 aliphatic carbocycles. The number of carbonyl (C=O) groups excluding carboxylic acids is 1. The minimum absolute atomic E-state index is 0.275. The zero-order valence-electron chi connectivity index (χ0n) is 14.5. The molecule has 1 aliphatic rings. The van der Waals surface area contributed by atoms with E-state index >= 15 is 0 Å². The first-order valence-electron chi connectivity index (χ1n) is 8.41. The van der Waals surface area contributed by atoms with Crippen LogP contribution in [0.3, 0.4) is 0 Å². The van der Waals surface area contributed by atoms with Gasteiger partial charge in [0.05, 0.1) is 16.8 Å². The van der Waals surface area contributed by atoms with Gasteiger partial charge in [0, 0.05) is 27.2 Å². The molecule has 1 amide bonds. The number of aromatic nitrogens is 2. The zero-order valence-corrected chi connectivity index (χ0v) is 15.3. The monoisotopic (exact) mass is 359 g/mol. The summed E-state index contributed by atoms with van der Waals surface area (Å²) in [6.07, 6.45) is 5.24. The maximum absolute atomic E-state index is 12.5. The van der Waals surface area contributed by atoms with E-state index in [0.717, 1.165) is 25.9 Å². The Kier molecular flexibility index (Phi) is 5.38. The van der Waals surface area contributed by atoms with Gasteiger partial charge in [0.15, 0.2) is 5.82 Å². The lowest BCUT2D eigenvalue weighted by molar-refractivity contribution is 0.102. The zero-order chi connectivity index (χ0) is 17.8. The number of nitrogens with one attached hydrogen (secondary N) is 1. The largest absolute Gasteiger partial charge is 0.361 e. The number of hydrogen-bond acceptors (Lipinski definition) is 5. The third kappa shape index (κ3) is 4.02. The predicted molar refractivity (Wildman–Crippen MR) is 102 cm³/mol. The number of carbonyl (C=O) groups is 1. The highest BCUT2D eigenvalue weighted by atomic mass is 35.5. The smallest absolute Gasteiger partial charge is 0.257 e. The average molecular weight is 360 g/mol. The number of benzene rings is 1. The summed E-state index contributed by atoms with van der Waals surface area (Å²) in [6, 6.07) is 6.96. The minimum atomic E-state index is -0.275. The molecular formula is C18H22ClN5O. The molecule has 0 radical (unpaired) electrons. The molecule has 6 nitrogen and oxygen atoms in total. The van der Waals surface area contributed by atoms with Gasteiger partial charge in [-0.3, -0.25) is 4.79 Å². The van der Waals surface area contributed by atoms with E-state index in [-0.39, 0.29) is 5.91 Å². The molecule has 132 valence electrons. The third-order valence-corrected chi connectivity index (χ3v) is 4.51. The van der Waals surface area contributed by atoms with E-state index in [1.54, 1.807) is 30.5 Å². The fourth-order valence-corrected chi connectivity index (χ4v) is 3.10. The Hall–Kier alpha value is -2.34. The van der Waals surface area contributed by atoms with Crippen LogP contribution >= 0.6 is 11.6 Å². The Morgan fingerprint density at radius 1 is 1.20 bits per heavy atom. The molecule has 7 heteroatoms. The molecule has 0 spiro atoms. The van der Waals surface area contributed by atoms with Gasteiger partial charge in [-0.25, -0.2) is 4.98 Å². The van der Waals surface area contributed by atoms with Crippen molar-refractivity contribution < 1.29 is 4.79 Å². The van der Waals surface area contributed by atoms with Crippen molar-refractivity contribution in [1.82, 2.24) is 9.97 Å². The first-order valence-corrected chi connectivity index (χ1v) is 8.79. The van der Waals surface area contributed by atoms with Crippen molar-refractivity contribution >= 4 is 35.0 Å². The molecule has 2 aromatic rings. The molecule has 25 heavy (non-hydrogen) atoms. The molecular weight excluding hydrogens is 338 g/mol. The number of anilines is 3. The summed E-state index contributed by atoms with van der Waals surface area (Å²) in [6.45, 7) is 1.94. The first kappa shape index (κ1) is 17.5. The molecule has 1 fully saturated rings. The Morgan fingerprint density at radius 3 is 2.60 bits per heavy atom. The van der Waals surface area contributed by atoms with Crippen molar-refractivity contribution in [3.63, 3.8) is 0 Å². The molecule has 1 aromatic heterocycles. The van der Waals surface area contributed by atoms with E-state index in [2.05, 4.69) is 20.2 Å². The van der Waals surface area contributed by atoms with E-state index in [1.807, 2.05) is 19.0 Å². The second-order valence-corrected chi connectivity index (χ2v) is 6.69. The molecule has 0 atom stereocenters. The highest BCUT2D eigenvalue weighted by Crippen LogP contribution is 2.26. The molecule has 0 bridgehead atoms. The van der Waals surface area contributed by atoms with Crippen LogP contribution in [0.25, 0.3) is 0 Å². The van der Waals surface area contributed by atoms with E-state index in [4.69, 9.17) is 11.6 Å². The second kappa shape index (κ2) is 7.70. The van der Waals surface area contributed by atoms with E-state index < -0.39 is 0 Å². The normalized spacial score (nSPS) is 14.3. The quantitative estimate of drug-likeness (QED) is 0.906. The molecule has 1 aromatic carbocycles. The SMILES string of the molecule is CN(C)c1nc(N2CCCCC2)ncc1NC(=O)c1ccccc1Cl. The number of piperidine rings is 1. The van der Waals surface area contributed by atoms with Crippen molar-refractivity contribution in [3.05, 3.63) is 41.0 Å². The molecule has 1 saturated heterocycles. The van der Waals surface area contributed by atoms with Crippen molar-refractivity contribution in [2.45, 2.75) is 19.3 Å². The van der Waals surface area contributed by atoms with Gasteiger partial charge >= 0.3 is 0 Å². The third-order valence-electron chi connectivity index (χ3n) is 4.19. The molecule has 1 aliphatic heterocycles. The lowest BCUT2D eigenvalue weighted by atomic mass is 10.1. The van der Waals surface area contributed by atoms with Crippen molar-refractivity contribution in [3.8, 4) is 0 Å². The van der Waals surface area contributed by atoms with Crippen LogP contribution in [0.15, 0.2) is 30.5 Å². The Balaban J connectivity index is 1.85. The van der Waals surface area contributed by atoms with Crippen LogP contribution in [0, 0.1) is 0 Å². The van der Waals surface area contributed by atoms with Crippen LogP contribution in [-0.2, 0) is 0 Å². The van der Waals surface area contributed by atoms with E-state index in [0.29, 0.717) is 28.0 Å². The van der Waals surface area contributed by atoms with Crippen LogP contribution in [0.1, 0.15) is 29.6 Å². The fourth-order valence-electron chi connectivity index (χ4n) is 2.87. The topological polar surface area (TPSA) is 61.4 Å². The summed E-state index contributed by atoms with van der Waals surface area (Å²) in [5.41, 5.74) is 0.990. The first-order chi connectivity index (χ1) is 12.1. The lowest BCUT2D eigenvalue weighted by Gasteiger charge is -2.28. The highest BCUT2D eigenvalue weighted by molar-refractivity contribution is 6.34. The number of hydrogen-bond donors (Lipinski definition) is 1. The van der Waals surface area contributed by atoms with Gasteiger partial charge in [0.25, 0.3) is 5.91 Å². The Labute approximate surface area is 152 Å². The van der Waals surface area contributed by atoms with Crippen LogP contribution in [-0.4, -0.2) is 43.1 Å². The summed E-state index contributed by atoms with van der Waals surface area (Å²) in [7, 11) is 3.79. The molecule has 0 unspecified atom stereocenters. The standard InChI is InChI=1S/C18H22ClN5O/c1-23(2)16-15(21-17(25)13-8-4-5-9-14(13)19)12-20-18(22-16)24-10-6-3-7-11-24/h4-5,8-9,12H,3,6-7,10-11H2,1-2H3,(H,21,25). The molecule has 3 rings (SSSR count). The van der Waals surface area contributed by atoms with Gasteiger partial charge in [-0.1, -0.05) is 23.7 Å².